The van der Waals surface area contributed by atoms with Gasteiger partial charge in [-0.2, -0.15) is 0 Å². The molecule has 0 aromatic heterocycles. The number of piperidine rings is 1. The number of likely N-dealkylation sites (N-methyl/N-ethyl adjacent to an activating group) is 1. The smallest absolute Gasteiger partial charge is 0.161 e. The zero-order chi connectivity index (χ0) is 14.7. The van der Waals surface area contributed by atoms with Crippen molar-refractivity contribution < 1.29 is 9.47 Å². The molecule has 21 heavy (non-hydrogen) atoms. The zero-order valence-corrected chi connectivity index (χ0v) is 13.0. The van der Waals surface area contributed by atoms with Crippen LogP contribution in [0.3, 0.4) is 0 Å². The Morgan fingerprint density at radius 1 is 1.19 bits per heavy atom. The first-order valence-electron chi connectivity index (χ1n) is 7.95. The SMILES string of the molecule is COc1ccccc1OCCC1=CC2CCCC(C1)N2C. The molecule has 0 spiro atoms. The minimum atomic E-state index is 0.652. The number of fused-ring (bicyclic) bond motifs is 2. The lowest BCUT2D eigenvalue weighted by Crippen LogP contribution is -2.45. The van der Waals surface area contributed by atoms with Gasteiger partial charge in [0.1, 0.15) is 0 Å². The summed E-state index contributed by atoms with van der Waals surface area (Å²) in [6.45, 7) is 0.732. The molecule has 2 heterocycles. The Morgan fingerprint density at radius 3 is 2.76 bits per heavy atom. The molecule has 2 aliphatic heterocycles. The van der Waals surface area contributed by atoms with Crippen molar-refractivity contribution in [3.05, 3.63) is 35.9 Å². The molecule has 1 fully saturated rings. The van der Waals surface area contributed by atoms with Crippen LogP contribution in [0.1, 0.15) is 32.1 Å². The van der Waals surface area contributed by atoms with Gasteiger partial charge in [-0.05, 0) is 38.4 Å². The van der Waals surface area contributed by atoms with Gasteiger partial charge in [-0.25, -0.2) is 0 Å². The van der Waals surface area contributed by atoms with Crippen molar-refractivity contribution in [2.24, 2.45) is 0 Å². The van der Waals surface area contributed by atoms with E-state index in [0.29, 0.717) is 6.04 Å². The number of para-hydroxylation sites is 2. The monoisotopic (exact) mass is 287 g/mol. The van der Waals surface area contributed by atoms with Crippen LogP contribution < -0.4 is 9.47 Å². The van der Waals surface area contributed by atoms with Crippen LogP contribution in [0.15, 0.2) is 35.9 Å². The van der Waals surface area contributed by atoms with Crippen molar-refractivity contribution in [2.45, 2.75) is 44.2 Å². The normalized spacial score (nSPS) is 25.3. The van der Waals surface area contributed by atoms with Gasteiger partial charge < -0.3 is 9.47 Å². The third-order valence-corrected chi connectivity index (χ3v) is 4.81. The number of hydrogen-bond acceptors (Lipinski definition) is 3. The van der Waals surface area contributed by atoms with E-state index in [9.17, 15) is 0 Å². The fourth-order valence-corrected chi connectivity index (χ4v) is 3.55. The van der Waals surface area contributed by atoms with Gasteiger partial charge in [0.15, 0.2) is 11.5 Å². The highest BCUT2D eigenvalue weighted by atomic mass is 16.5. The molecule has 3 heteroatoms. The number of rotatable bonds is 5. The largest absolute Gasteiger partial charge is 0.493 e. The van der Waals surface area contributed by atoms with E-state index in [1.54, 1.807) is 12.7 Å². The molecule has 0 saturated carbocycles. The van der Waals surface area contributed by atoms with Crippen LogP contribution in [0.4, 0.5) is 0 Å². The first kappa shape index (κ1) is 14.5. The van der Waals surface area contributed by atoms with Crippen LogP contribution in [0.2, 0.25) is 0 Å². The Labute approximate surface area is 127 Å². The Kier molecular flexibility index (Phi) is 4.49. The summed E-state index contributed by atoms with van der Waals surface area (Å²) >= 11 is 0. The molecule has 2 bridgehead atoms. The summed E-state index contributed by atoms with van der Waals surface area (Å²) in [7, 11) is 3.95. The topological polar surface area (TPSA) is 21.7 Å². The van der Waals surface area contributed by atoms with Gasteiger partial charge in [0.05, 0.1) is 13.7 Å². The average molecular weight is 287 g/mol. The summed E-state index contributed by atoms with van der Waals surface area (Å²) in [5.74, 6) is 1.65. The van der Waals surface area contributed by atoms with Gasteiger partial charge in [-0.3, -0.25) is 4.90 Å². The molecule has 1 saturated heterocycles. The van der Waals surface area contributed by atoms with Gasteiger partial charge in [0.25, 0.3) is 0 Å². The number of hydrogen-bond donors (Lipinski definition) is 0. The number of ether oxygens (including phenoxy) is 2. The summed E-state index contributed by atoms with van der Waals surface area (Å²) < 4.78 is 11.2. The van der Waals surface area contributed by atoms with Crippen LogP contribution in [-0.2, 0) is 0 Å². The van der Waals surface area contributed by atoms with Crippen molar-refractivity contribution in [2.75, 3.05) is 20.8 Å². The van der Waals surface area contributed by atoms with Crippen LogP contribution in [-0.4, -0.2) is 37.7 Å². The van der Waals surface area contributed by atoms with Crippen molar-refractivity contribution in [3.63, 3.8) is 0 Å². The molecule has 2 atom stereocenters. The van der Waals surface area contributed by atoms with Gasteiger partial charge in [-0.1, -0.05) is 30.2 Å². The second kappa shape index (κ2) is 6.52. The summed E-state index contributed by atoms with van der Waals surface area (Å²) in [6, 6.07) is 9.25. The lowest BCUT2D eigenvalue weighted by atomic mass is 9.85. The fourth-order valence-electron chi connectivity index (χ4n) is 3.55. The second-order valence-corrected chi connectivity index (χ2v) is 6.10. The third kappa shape index (κ3) is 3.24. The number of nitrogens with zero attached hydrogens (tertiary/aromatic N) is 1. The van der Waals surface area contributed by atoms with E-state index in [-0.39, 0.29) is 0 Å². The van der Waals surface area contributed by atoms with Crippen molar-refractivity contribution in [1.29, 1.82) is 0 Å². The van der Waals surface area contributed by atoms with Crippen LogP contribution in [0.5, 0.6) is 11.5 Å². The predicted molar refractivity (Wildman–Crippen MR) is 85.0 cm³/mol. The van der Waals surface area contributed by atoms with Crippen LogP contribution in [0, 0.1) is 0 Å². The summed E-state index contributed by atoms with van der Waals surface area (Å²) in [5, 5.41) is 0. The number of methoxy groups -OCH3 is 1. The lowest BCUT2D eigenvalue weighted by Gasteiger charge is -2.42. The van der Waals surface area contributed by atoms with E-state index in [1.807, 2.05) is 24.3 Å². The average Bonchev–Trinajstić information content (AvgIpc) is 2.48. The first-order chi connectivity index (χ1) is 10.3. The molecule has 114 valence electrons. The Bertz CT molecular complexity index is 512. The molecule has 0 amide bonds. The fraction of sp³-hybridized carbons (Fsp3) is 0.556. The van der Waals surface area contributed by atoms with E-state index in [2.05, 4.69) is 18.0 Å². The van der Waals surface area contributed by atoms with Gasteiger partial charge in [0, 0.05) is 18.5 Å². The lowest BCUT2D eigenvalue weighted by molar-refractivity contribution is 0.127. The molecular formula is C18H25NO2. The van der Waals surface area contributed by atoms with E-state index >= 15 is 0 Å². The summed E-state index contributed by atoms with van der Waals surface area (Å²) in [5.41, 5.74) is 1.57. The quantitative estimate of drug-likeness (QED) is 0.772. The molecule has 0 radical (unpaired) electrons. The highest BCUT2D eigenvalue weighted by Gasteiger charge is 2.30. The van der Waals surface area contributed by atoms with Gasteiger partial charge in [0.2, 0.25) is 0 Å². The highest BCUT2D eigenvalue weighted by molar-refractivity contribution is 5.39. The van der Waals surface area contributed by atoms with E-state index < -0.39 is 0 Å². The van der Waals surface area contributed by atoms with Crippen LogP contribution >= 0.6 is 0 Å². The Morgan fingerprint density at radius 2 is 2.00 bits per heavy atom. The maximum atomic E-state index is 5.90. The molecular weight excluding hydrogens is 262 g/mol. The van der Waals surface area contributed by atoms with E-state index in [1.165, 1.54) is 25.7 Å². The second-order valence-electron chi connectivity index (χ2n) is 6.10. The molecule has 1 aromatic carbocycles. The maximum Gasteiger partial charge on any atom is 0.161 e. The standard InChI is InChI=1S/C18H25NO2/c1-19-15-6-5-7-16(19)13-14(12-15)10-11-21-18-9-4-3-8-17(18)20-2/h3-4,8-9,12,15-16H,5-7,10-11,13H2,1-2H3. The molecule has 0 aliphatic carbocycles. The Hall–Kier alpha value is -1.48. The van der Waals surface area contributed by atoms with E-state index in [4.69, 9.17) is 9.47 Å². The van der Waals surface area contributed by atoms with Crippen molar-refractivity contribution in [1.82, 2.24) is 4.90 Å². The minimum absolute atomic E-state index is 0.652. The summed E-state index contributed by atoms with van der Waals surface area (Å²) in [4.78, 5) is 2.55. The van der Waals surface area contributed by atoms with E-state index in [0.717, 1.165) is 30.6 Å². The highest BCUT2D eigenvalue weighted by Crippen LogP contribution is 2.33. The molecule has 3 rings (SSSR count). The third-order valence-electron chi connectivity index (χ3n) is 4.81. The first-order valence-corrected chi connectivity index (χ1v) is 7.95. The van der Waals surface area contributed by atoms with Gasteiger partial charge >= 0.3 is 0 Å². The van der Waals surface area contributed by atoms with Crippen molar-refractivity contribution in [3.8, 4) is 11.5 Å². The summed E-state index contributed by atoms with van der Waals surface area (Å²) in [6.07, 6.45) is 8.74. The Balaban J connectivity index is 1.56. The maximum absolute atomic E-state index is 5.90. The molecule has 1 aromatic rings. The minimum Gasteiger partial charge on any atom is -0.493 e. The molecule has 3 nitrogen and oxygen atoms in total. The molecule has 0 N–H and O–H groups in total. The number of benzene rings is 1. The predicted octanol–water partition coefficient (Wildman–Crippen LogP) is 3.65. The van der Waals surface area contributed by atoms with Crippen molar-refractivity contribution >= 4 is 0 Å². The molecule has 2 unspecified atom stereocenters. The van der Waals surface area contributed by atoms with Crippen LogP contribution in [0.25, 0.3) is 0 Å². The zero-order valence-electron chi connectivity index (χ0n) is 13.0. The van der Waals surface area contributed by atoms with Gasteiger partial charge in [-0.15, -0.1) is 0 Å². The molecule has 2 aliphatic rings.